The molecule has 4 nitrogen and oxygen atoms in total. The van der Waals surface area contributed by atoms with E-state index in [-0.39, 0.29) is 17.7 Å². The first kappa shape index (κ1) is 16.0. The Kier molecular flexibility index (Phi) is 5.31. The Bertz CT molecular complexity index is 564. The normalized spacial score (nSPS) is 19.7. The third kappa shape index (κ3) is 4.34. The van der Waals surface area contributed by atoms with Crippen molar-refractivity contribution in [1.29, 1.82) is 0 Å². The average Bonchev–Trinajstić information content (AvgIpc) is 2.58. The third-order valence-corrected chi connectivity index (χ3v) is 4.97. The molecule has 1 saturated carbocycles. The van der Waals surface area contributed by atoms with Gasteiger partial charge in [0.05, 0.1) is 0 Å². The maximum atomic E-state index is 12.3. The largest absolute Gasteiger partial charge is 0.338 e. The summed E-state index contributed by atoms with van der Waals surface area (Å²) in [5.74, 6) is 0.555. The van der Waals surface area contributed by atoms with Gasteiger partial charge in [-0.2, -0.15) is 0 Å². The van der Waals surface area contributed by atoms with Crippen molar-refractivity contribution in [3.63, 3.8) is 0 Å². The zero-order valence-corrected chi connectivity index (χ0v) is 13.7. The lowest BCUT2D eigenvalue weighted by molar-refractivity contribution is -0.133. The van der Waals surface area contributed by atoms with Gasteiger partial charge in [-0.25, -0.2) is 0 Å². The molecule has 0 aromatic heterocycles. The molecule has 0 radical (unpaired) electrons. The van der Waals surface area contributed by atoms with Crippen molar-refractivity contribution in [2.24, 2.45) is 5.92 Å². The number of carbonyl (C=O) groups excluding carboxylic acids is 2. The smallest absolute Gasteiger partial charge is 0.227 e. The maximum Gasteiger partial charge on any atom is 0.227 e. The summed E-state index contributed by atoms with van der Waals surface area (Å²) in [7, 11) is 0. The van der Waals surface area contributed by atoms with E-state index in [1.807, 2.05) is 29.2 Å². The first-order valence-corrected chi connectivity index (χ1v) is 8.90. The van der Waals surface area contributed by atoms with E-state index in [9.17, 15) is 9.59 Å². The summed E-state index contributed by atoms with van der Waals surface area (Å²) in [5.41, 5.74) is 1.93. The second kappa shape index (κ2) is 7.62. The van der Waals surface area contributed by atoms with Crippen molar-refractivity contribution in [1.82, 2.24) is 4.90 Å². The van der Waals surface area contributed by atoms with Crippen LogP contribution in [-0.2, 0) is 16.1 Å². The summed E-state index contributed by atoms with van der Waals surface area (Å²) in [6.45, 7) is 1.49. The van der Waals surface area contributed by atoms with Crippen LogP contribution in [-0.4, -0.2) is 23.3 Å². The lowest BCUT2D eigenvalue weighted by Gasteiger charge is -2.27. The number of nitrogens with zero attached hydrogens (tertiary/aromatic N) is 1. The number of hydrogen-bond donors (Lipinski definition) is 1. The average molecular weight is 314 g/mol. The first-order valence-electron chi connectivity index (χ1n) is 8.90. The molecule has 0 bridgehead atoms. The van der Waals surface area contributed by atoms with E-state index in [4.69, 9.17) is 0 Å². The summed E-state index contributed by atoms with van der Waals surface area (Å²) >= 11 is 0. The minimum Gasteiger partial charge on any atom is -0.338 e. The quantitative estimate of drug-likeness (QED) is 0.921. The van der Waals surface area contributed by atoms with Crippen molar-refractivity contribution >= 4 is 17.5 Å². The Morgan fingerprint density at radius 1 is 1.13 bits per heavy atom. The summed E-state index contributed by atoms with van der Waals surface area (Å²) < 4.78 is 0. The number of likely N-dealkylation sites (tertiary alicyclic amines) is 1. The number of rotatable bonds is 4. The van der Waals surface area contributed by atoms with Gasteiger partial charge in [0.15, 0.2) is 0 Å². The number of anilines is 1. The number of piperidine rings is 1. The van der Waals surface area contributed by atoms with Crippen LogP contribution in [0.5, 0.6) is 0 Å². The summed E-state index contributed by atoms with van der Waals surface area (Å²) in [4.78, 5) is 26.2. The van der Waals surface area contributed by atoms with E-state index in [1.165, 1.54) is 6.42 Å². The molecule has 0 atom stereocenters. The van der Waals surface area contributed by atoms with E-state index >= 15 is 0 Å². The molecule has 2 fully saturated rings. The Balaban J connectivity index is 1.60. The highest BCUT2D eigenvalue weighted by Crippen LogP contribution is 2.25. The Labute approximate surface area is 138 Å². The van der Waals surface area contributed by atoms with Crippen LogP contribution in [0.25, 0.3) is 0 Å². The zero-order chi connectivity index (χ0) is 16.1. The molecule has 1 aliphatic heterocycles. The predicted octanol–water partition coefficient (Wildman–Crippen LogP) is 3.72. The molecule has 4 heteroatoms. The van der Waals surface area contributed by atoms with Crippen LogP contribution in [0.15, 0.2) is 24.3 Å². The summed E-state index contributed by atoms with van der Waals surface area (Å²) in [5, 5.41) is 3.06. The molecule has 2 amide bonds. The Morgan fingerprint density at radius 3 is 2.74 bits per heavy atom. The standard InChI is InChI=1S/C19H26N2O2/c22-18-11-4-5-12-21(18)14-15-7-6-10-17(13-15)20-19(23)16-8-2-1-3-9-16/h6-7,10,13,16H,1-5,8-9,11-12,14H2,(H,20,23). The Morgan fingerprint density at radius 2 is 1.96 bits per heavy atom. The van der Waals surface area contributed by atoms with Gasteiger partial charge in [0.1, 0.15) is 0 Å². The maximum absolute atomic E-state index is 12.3. The van der Waals surface area contributed by atoms with Crippen LogP contribution < -0.4 is 5.32 Å². The second-order valence-corrected chi connectivity index (χ2v) is 6.80. The topological polar surface area (TPSA) is 49.4 Å². The molecule has 23 heavy (non-hydrogen) atoms. The van der Waals surface area contributed by atoms with Crippen molar-refractivity contribution in [2.75, 3.05) is 11.9 Å². The zero-order valence-electron chi connectivity index (χ0n) is 13.7. The number of benzene rings is 1. The molecule has 2 aliphatic rings. The van der Waals surface area contributed by atoms with Gasteiger partial charge in [0.25, 0.3) is 0 Å². The second-order valence-electron chi connectivity index (χ2n) is 6.80. The van der Waals surface area contributed by atoms with Crippen LogP contribution in [0.3, 0.4) is 0 Å². The number of amides is 2. The van der Waals surface area contributed by atoms with Gasteiger partial charge in [-0.15, -0.1) is 0 Å². The number of hydrogen-bond acceptors (Lipinski definition) is 2. The van der Waals surface area contributed by atoms with Gasteiger partial charge in [0.2, 0.25) is 11.8 Å². The van der Waals surface area contributed by atoms with Crippen molar-refractivity contribution in [3.8, 4) is 0 Å². The molecule has 0 spiro atoms. The van der Waals surface area contributed by atoms with Gasteiger partial charge in [-0.1, -0.05) is 31.4 Å². The van der Waals surface area contributed by atoms with Crippen LogP contribution in [0, 0.1) is 5.92 Å². The fraction of sp³-hybridized carbons (Fsp3) is 0.579. The molecule has 1 N–H and O–H groups in total. The van der Waals surface area contributed by atoms with Gasteiger partial charge in [-0.3, -0.25) is 9.59 Å². The molecule has 0 unspecified atom stereocenters. The van der Waals surface area contributed by atoms with E-state index in [1.54, 1.807) is 0 Å². The van der Waals surface area contributed by atoms with Crippen LogP contribution in [0.2, 0.25) is 0 Å². The first-order chi connectivity index (χ1) is 11.2. The number of nitrogens with one attached hydrogen (secondary N) is 1. The van der Waals surface area contributed by atoms with E-state index < -0.39 is 0 Å². The molecule has 1 aromatic carbocycles. The molecule has 1 saturated heterocycles. The third-order valence-electron chi connectivity index (χ3n) is 4.97. The summed E-state index contributed by atoms with van der Waals surface area (Å²) in [6, 6.07) is 7.92. The molecule has 124 valence electrons. The van der Waals surface area contributed by atoms with Gasteiger partial charge in [-0.05, 0) is 43.4 Å². The molecule has 1 heterocycles. The molecular weight excluding hydrogens is 288 g/mol. The minimum absolute atomic E-state index is 0.149. The van der Waals surface area contributed by atoms with Crippen LogP contribution in [0.4, 0.5) is 5.69 Å². The van der Waals surface area contributed by atoms with E-state index in [0.717, 1.165) is 56.3 Å². The lowest BCUT2D eigenvalue weighted by Crippen LogP contribution is -2.34. The summed E-state index contributed by atoms with van der Waals surface area (Å²) in [6.07, 6.45) is 8.35. The molecule has 1 aliphatic carbocycles. The molecule has 3 rings (SSSR count). The number of carbonyl (C=O) groups is 2. The van der Waals surface area contributed by atoms with Crippen molar-refractivity contribution in [2.45, 2.75) is 57.9 Å². The molecule has 1 aromatic rings. The van der Waals surface area contributed by atoms with Crippen LogP contribution in [0.1, 0.15) is 56.9 Å². The molecular formula is C19H26N2O2. The van der Waals surface area contributed by atoms with Crippen molar-refractivity contribution in [3.05, 3.63) is 29.8 Å². The lowest BCUT2D eigenvalue weighted by atomic mass is 9.88. The van der Waals surface area contributed by atoms with E-state index in [0.29, 0.717) is 13.0 Å². The highest BCUT2D eigenvalue weighted by molar-refractivity contribution is 5.92. The fourth-order valence-corrected chi connectivity index (χ4v) is 3.61. The van der Waals surface area contributed by atoms with Gasteiger partial charge >= 0.3 is 0 Å². The van der Waals surface area contributed by atoms with Gasteiger partial charge < -0.3 is 10.2 Å². The van der Waals surface area contributed by atoms with Gasteiger partial charge in [0, 0.05) is 31.1 Å². The fourth-order valence-electron chi connectivity index (χ4n) is 3.61. The SMILES string of the molecule is O=C(Nc1cccc(CN2CCCCC2=O)c1)C1CCCCC1. The van der Waals surface area contributed by atoms with E-state index in [2.05, 4.69) is 5.32 Å². The monoisotopic (exact) mass is 314 g/mol. The predicted molar refractivity (Wildman–Crippen MR) is 90.9 cm³/mol. The van der Waals surface area contributed by atoms with Crippen molar-refractivity contribution < 1.29 is 9.59 Å². The highest BCUT2D eigenvalue weighted by Gasteiger charge is 2.21. The Hall–Kier alpha value is -1.84. The van der Waals surface area contributed by atoms with Crippen LogP contribution >= 0.6 is 0 Å². The minimum atomic E-state index is 0.149. The highest BCUT2D eigenvalue weighted by atomic mass is 16.2.